The SMILES string of the molecule is CNC(=O)[C@@H](NC(=O)[C@H](Cc1ccc2ccccc2c1)[C@H](OCCCO)C(=O)OC(C)(C)C)C(C)(C)C. The minimum absolute atomic E-state index is 0.0695. The molecule has 37 heavy (non-hydrogen) atoms. The third kappa shape index (κ3) is 9.13. The van der Waals surface area contributed by atoms with E-state index in [9.17, 15) is 19.5 Å². The van der Waals surface area contributed by atoms with Crippen molar-refractivity contribution in [1.29, 1.82) is 0 Å². The molecule has 0 heterocycles. The van der Waals surface area contributed by atoms with Crippen molar-refractivity contribution in [2.75, 3.05) is 20.3 Å². The number of esters is 1. The number of hydrogen-bond donors (Lipinski definition) is 3. The molecule has 3 atom stereocenters. The van der Waals surface area contributed by atoms with E-state index in [1.807, 2.05) is 63.2 Å². The van der Waals surface area contributed by atoms with Crippen molar-refractivity contribution in [2.24, 2.45) is 11.3 Å². The molecule has 2 aromatic rings. The topological polar surface area (TPSA) is 114 Å². The minimum atomic E-state index is -1.23. The second kappa shape index (κ2) is 13.0. The quantitative estimate of drug-likeness (QED) is 0.313. The summed E-state index contributed by atoms with van der Waals surface area (Å²) in [5.74, 6) is -2.47. The van der Waals surface area contributed by atoms with Crippen molar-refractivity contribution in [1.82, 2.24) is 10.6 Å². The first kappa shape index (κ1) is 30.3. The number of rotatable bonds is 11. The lowest BCUT2D eigenvalue weighted by atomic mass is 9.84. The second-order valence-corrected chi connectivity index (χ2v) is 11.3. The molecule has 2 aromatic carbocycles. The molecule has 0 aliphatic carbocycles. The van der Waals surface area contributed by atoms with Crippen molar-refractivity contribution in [3.8, 4) is 0 Å². The van der Waals surface area contributed by atoms with Crippen LogP contribution in [-0.2, 0) is 30.3 Å². The molecule has 8 nitrogen and oxygen atoms in total. The number of nitrogens with one attached hydrogen (secondary N) is 2. The molecule has 8 heteroatoms. The predicted molar refractivity (Wildman–Crippen MR) is 144 cm³/mol. The number of likely N-dealkylation sites (N-methyl/N-ethyl adjacent to an activating group) is 1. The minimum Gasteiger partial charge on any atom is -0.458 e. The smallest absolute Gasteiger partial charge is 0.336 e. The van der Waals surface area contributed by atoms with Gasteiger partial charge in [0.05, 0.1) is 5.92 Å². The summed E-state index contributed by atoms with van der Waals surface area (Å²) in [4.78, 5) is 39.8. The first-order valence-corrected chi connectivity index (χ1v) is 12.7. The van der Waals surface area contributed by atoms with Crippen molar-refractivity contribution in [3.63, 3.8) is 0 Å². The molecule has 0 aliphatic rings. The zero-order chi connectivity index (χ0) is 27.8. The maximum absolute atomic E-state index is 13.8. The van der Waals surface area contributed by atoms with Gasteiger partial charge in [-0.25, -0.2) is 4.79 Å². The van der Waals surface area contributed by atoms with Gasteiger partial charge in [-0.2, -0.15) is 0 Å². The van der Waals surface area contributed by atoms with Gasteiger partial charge in [-0.1, -0.05) is 63.2 Å². The Morgan fingerprint density at radius 1 is 0.946 bits per heavy atom. The Kier molecular flexibility index (Phi) is 10.6. The Labute approximate surface area is 220 Å². The summed E-state index contributed by atoms with van der Waals surface area (Å²) < 4.78 is 11.5. The fourth-order valence-electron chi connectivity index (χ4n) is 4.01. The highest BCUT2D eigenvalue weighted by Gasteiger charge is 2.41. The molecule has 0 bridgehead atoms. The van der Waals surface area contributed by atoms with E-state index in [0.29, 0.717) is 6.42 Å². The molecule has 0 saturated carbocycles. The monoisotopic (exact) mass is 514 g/mol. The summed E-state index contributed by atoms with van der Waals surface area (Å²) >= 11 is 0. The molecular weight excluding hydrogens is 472 g/mol. The number of carbonyl (C=O) groups excluding carboxylic acids is 3. The third-order valence-electron chi connectivity index (χ3n) is 5.87. The van der Waals surface area contributed by atoms with Gasteiger partial charge in [0.25, 0.3) is 0 Å². The average Bonchev–Trinajstić information content (AvgIpc) is 2.81. The highest BCUT2D eigenvalue weighted by atomic mass is 16.6. The Bertz CT molecular complexity index is 1070. The van der Waals surface area contributed by atoms with Gasteiger partial charge in [-0.3, -0.25) is 9.59 Å². The average molecular weight is 515 g/mol. The zero-order valence-electron chi connectivity index (χ0n) is 23.1. The lowest BCUT2D eigenvalue weighted by Crippen LogP contribution is -2.56. The van der Waals surface area contributed by atoms with Crippen molar-refractivity contribution in [2.45, 2.75) is 72.1 Å². The predicted octanol–water partition coefficient (Wildman–Crippen LogP) is 3.38. The van der Waals surface area contributed by atoms with E-state index in [0.717, 1.165) is 16.3 Å². The summed E-state index contributed by atoms with van der Waals surface area (Å²) in [5, 5.41) is 16.8. The summed E-state index contributed by atoms with van der Waals surface area (Å²) in [6.07, 6.45) is -0.751. The van der Waals surface area contributed by atoms with Gasteiger partial charge in [-0.05, 0) is 55.4 Å². The maximum atomic E-state index is 13.8. The van der Waals surface area contributed by atoms with E-state index in [1.165, 1.54) is 7.05 Å². The summed E-state index contributed by atoms with van der Waals surface area (Å²) in [7, 11) is 1.52. The van der Waals surface area contributed by atoms with Crippen molar-refractivity contribution in [3.05, 3.63) is 48.0 Å². The van der Waals surface area contributed by atoms with Crippen LogP contribution in [0.3, 0.4) is 0 Å². The van der Waals surface area contributed by atoms with E-state index in [1.54, 1.807) is 20.8 Å². The van der Waals surface area contributed by atoms with Crippen LogP contribution in [0.4, 0.5) is 0 Å². The second-order valence-electron chi connectivity index (χ2n) is 11.3. The van der Waals surface area contributed by atoms with Gasteiger partial charge >= 0.3 is 5.97 Å². The normalized spacial score (nSPS) is 14.5. The summed E-state index contributed by atoms with van der Waals surface area (Å²) in [6.45, 7) is 10.8. The first-order valence-electron chi connectivity index (χ1n) is 12.7. The molecule has 0 radical (unpaired) electrons. The van der Waals surface area contributed by atoms with Crippen LogP contribution >= 0.6 is 0 Å². The van der Waals surface area contributed by atoms with E-state index < -0.39 is 41.0 Å². The lowest BCUT2D eigenvalue weighted by Gasteiger charge is -2.33. The molecular formula is C29H42N2O6. The maximum Gasteiger partial charge on any atom is 0.336 e. The van der Waals surface area contributed by atoms with Gasteiger partial charge in [0.1, 0.15) is 11.6 Å². The van der Waals surface area contributed by atoms with Crippen LogP contribution in [0.2, 0.25) is 0 Å². The highest BCUT2D eigenvalue weighted by Crippen LogP contribution is 2.25. The number of benzene rings is 2. The van der Waals surface area contributed by atoms with E-state index in [4.69, 9.17) is 9.47 Å². The largest absolute Gasteiger partial charge is 0.458 e. The molecule has 2 rings (SSSR count). The van der Waals surface area contributed by atoms with Crippen LogP contribution in [0, 0.1) is 11.3 Å². The Morgan fingerprint density at radius 3 is 2.16 bits per heavy atom. The van der Waals surface area contributed by atoms with Gasteiger partial charge in [0, 0.05) is 20.3 Å². The Hall–Kier alpha value is -2.97. The highest BCUT2D eigenvalue weighted by molar-refractivity contribution is 5.92. The van der Waals surface area contributed by atoms with Crippen LogP contribution in [-0.4, -0.2) is 60.9 Å². The molecule has 0 aromatic heterocycles. The molecule has 2 amide bonds. The summed E-state index contributed by atoms with van der Waals surface area (Å²) in [5.41, 5.74) is -0.539. The summed E-state index contributed by atoms with van der Waals surface area (Å²) in [6, 6.07) is 12.9. The molecule has 0 spiro atoms. The number of hydrogen-bond acceptors (Lipinski definition) is 6. The fraction of sp³-hybridized carbons (Fsp3) is 0.552. The standard InChI is InChI=1S/C29H42N2O6/c1-28(2,3)24(26(34)30-7)31-25(33)22(18-19-13-14-20-11-8-9-12-21(20)17-19)23(36-16-10-15-32)27(35)37-29(4,5)6/h8-9,11-14,17,22-24,32H,10,15-16,18H2,1-7H3,(H,30,34)(H,31,33)/t22-,23+,24-/m1/s1. The number of fused-ring (bicyclic) bond motifs is 1. The number of amides is 2. The van der Waals surface area contributed by atoms with Gasteiger partial charge in [-0.15, -0.1) is 0 Å². The molecule has 0 saturated heterocycles. The van der Waals surface area contributed by atoms with Crippen LogP contribution in [0.5, 0.6) is 0 Å². The molecule has 3 N–H and O–H groups in total. The van der Waals surface area contributed by atoms with Crippen LogP contribution in [0.25, 0.3) is 10.8 Å². The van der Waals surface area contributed by atoms with Crippen molar-refractivity contribution < 1.29 is 29.0 Å². The Balaban J connectivity index is 2.50. The van der Waals surface area contributed by atoms with Gasteiger partial charge in [0.2, 0.25) is 11.8 Å². The molecule has 204 valence electrons. The molecule has 0 unspecified atom stereocenters. The lowest BCUT2D eigenvalue weighted by molar-refractivity contribution is -0.175. The first-order chi connectivity index (χ1) is 17.3. The fourth-order valence-corrected chi connectivity index (χ4v) is 4.01. The zero-order valence-corrected chi connectivity index (χ0v) is 23.1. The van der Waals surface area contributed by atoms with Crippen molar-refractivity contribution >= 4 is 28.6 Å². The number of carbonyl (C=O) groups is 3. The Morgan fingerprint density at radius 2 is 1.59 bits per heavy atom. The van der Waals surface area contributed by atoms with E-state index >= 15 is 0 Å². The van der Waals surface area contributed by atoms with Gasteiger partial charge < -0.3 is 25.2 Å². The van der Waals surface area contributed by atoms with Crippen LogP contribution in [0.1, 0.15) is 53.5 Å². The third-order valence-corrected chi connectivity index (χ3v) is 5.87. The van der Waals surface area contributed by atoms with Gasteiger partial charge in [0.15, 0.2) is 6.10 Å². The van der Waals surface area contributed by atoms with Crippen LogP contribution < -0.4 is 10.6 Å². The van der Waals surface area contributed by atoms with Crippen LogP contribution in [0.15, 0.2) is 42.5 Å². The van der Waals surface area contributed by atoms with E-state index in [2.05, 4.69) is 10.6 Å². The van der Waals surface area contributed by atoms with E-state index in [-0.39, 0.29) is 25.5 Å². The number of ether oxygens (including phenoxy) is 2. The molecule has 0 fully saturated rings. The number of aliphatic hydroxyl groups excluding tert-OH is 1. The molecule has 0 aliphatic heterocycles. The number of aliphatic hydroxyl groups is 1.